The summed E-state index contributed by atoms with van der Waals surface area (Å²) in [5.74, 6) is 0.494. The molecular weight excluding hydrogens is 304 g/mol. The number of aryl methyl sites for hydroxylation is 1. The van der Waals surface area contributed by atoms with Crippen molar-refractivity contribution in [2.45, 2.75) is 40.2 Å². The third-order valence-corrected chi connectivity index (χ3v) is 4.59. The molecule has 2 aromatic heterocycles. The van der Waals surface area contributed by atoms with E-state index in [-0.39, 0.29) is 11.9 Å². The topological polar surface area (TPSA) is 60.2 Å². The monoisotopic (exact) mass is 330 g/mol. The van der Waals surface area contributed by atoms with Crippen LogP contribution in [0.25, 0.3) is 11.0 Å². The zero-order valence-corrected chi connectivity index (χ0v) is 15.0. The van der Waals surface area contributed by atoms with Crippen molar-refractivity contribution in [2.75, 3.05) is 26.3 Å². The van der Waals surface area contributed by atoms with E-state index >= 15 is 0 Å². The van der Waals surface area contributed by atoms with E-state index in [1.807, 2.05) is 29.5 Å². The fourth-order valence-corrected chi connectivity index (χ4v) is 3.26. The number of fused-ring (bicyclic) bond motifs is 1. The SMILES string of the molecule is CCN(CC1CCOC1)C(=O)c1cc(C)nc2c1cnn2C(C)C. The average Bonchev–Trinajstić information content (AvgIpc) is 3.20. The molecule has 0 aromatic carbocycles. The number of carbonyl (C=O) groups excluding carboxylic acids is 1. The fraction of sp³-hybridized carbons (Fsp3) is 0.611. The lowest BCUT2D eigenvalue weighted by atomic mass is 10.1. The lowest BCUT2D eigenvalue weighted by Crippen LogP contribution is -2.35. The molecule has 1 unspecified atom stereocenters. The smallest absolute Gasteiger partial charge is 0.254 e. The molecule has 1 fully saturated rings. The fourth-order valence-electron chi connectivity index (χ4n) is 3.26. The van der Waals surface area contributed by atoms with E-state index in [4.69, 9.17) is 4.74 Å². The van der Waals surface area contributed by atoms with Crippen LogP contribution in [0.4, 0.5) is 0 Å². The van der Waals surface area contributed by atoms with Gasteiger partial charge in [0, 0.05) is 37.4 Å². The molecule has 1 amide bonds. The Morgan fingerprint density at radius 3 is 2.92 bits per heavy atom. The van der Waals surface area contributed by atoms with Crippen LogP contribution < -0.4 is 0 Å². The van der Waals surface area contributed by atoms with Gasteiger partial charge in [0.15, 0.2) is 5.65 Å². The van der Waals surface area contributed by atoms with E-state index in [9.17, 15) is 4.79 Å². The maximum atomic E-state index is 13.1. The maximum absolute atomic E-state index is 13.1. The van der Waals surface area contributed by atoms with Gasteiger partial charge >= 0.3 is 0 Å². The molecule has 0 saturated carbocycles. The van der Waals surface area contributed by atoms with Crippen molar-refractivity contribution in [1.29, 1.82) is 0 Å². The van der Waals surface area contributed by atoms with Crippen molar-refractivity contribution in [3.05, 3.63) is 23.5 Å². The number of pyridine rings is 1. The average molecular weight is 330 g/mol. The van der Waals surface area contributed by atoms with Gasteiger partial charge < -0.3 is 9.64 Å². The van der Waals surface area contributed by atoms with E-state index in [1.165, 1.54) is 0 Å². The molecule has 0 radical (unpaired) electrons. The van der Waals surface area contributed by atoms with Crippen molar-refractivity contribution in [1.82, 2.24) is 19.7 Å². The molecule has 24 heavy (non-hydrogen) atoms. The van der Waals surface area contributed by atoms with E-state index < -0.39 is 0 Å². The molecule has 1 saturated heterocycles. The summed E-state index contributed by atoms with van der Waals surface area (Å²) in [6, 6.07) is 2.09. The van der Waals surface area contributed by atoms with Crippen molar-refractivity contribution in [3.63, 3.8) is 0 Å². The second kappa shape index (κ2) is 6.89. The Morgan fingerprint density at radius 2 is 2.29 bits per heavy atom. The molecule has 6 heteroatoms. The highest BCUT2D eigenvalue weighted by Gasteiger charge is 2.25. The van der Waals surface area contributed by atoms with Gasteiger partial charge in [0.1, 0.15) is 0 Å². The number of hydrogen-bond donors (Lipinski definition) is 0. The summed E-state index contributed by atoms with van der Waals surface area (Å²) in [6.07, 6.45) is 2.79. The summed E-state index contributed by atoms with van der Waals surface area (Å²) in [6.45, 7) is 11.1. The summed E-state index contributed by atoms with van der Waals surface area (Å²) in [4.78, 5) is 19.6. The van der Waals surface area contributed by atoms with Crippen LogP contribution in [0.15, 0.2) is 12.3 Å². The first-order chi connectivity index (χ1) is 11.5. The molecule has 0 bridgehead atoms. The Hall–Kier alpha value is -1.95. The van der Waals surface area contributed by atoms with E-state index in [1.54, 1.807) is 6.20 Å². The second-order valence-electron chi connectivity index (χ2n) is 6.80. The van der Waals surface area contributed by atoms with E-state index in [2.05, 4.69) is 23.9 Å². The Morgan fingerprint density at radius 1 is 1.50 bits per heavy atom. The first-order valence-electron chi connectivity index (χ1n) is 8.73. The summed E-state index contributed by atoms with van der Waals surface area (Å²) in [5.41, 5.74) is 2.33. The molecule has 130 valence electrons. The van der Waals surface area contributed by atoms with Gasteiger partial charge in [0.25, 0.3) is 5.91 Å². The Kier molecular flexibility index (Phi) is 4.85. The van der Waals surface area contributed by atoms with Crippen LogP contribution in [-0.2, 0) is 4.74 Å². The molecule has 0 aliphatic carbocycles. The van der Waals surface area contributed by atoms with Crippen LogP contribution in [0, 0.1) is 12.8 Å². The van der Waals surface area contributed by atoms with Crippen LogP contribution in [0.5, 0.6) is 0 Å². The number of carbonyl (C=O) groups is 1. The second-order valence-corrected chi connectivity index (χ2v) is 6.80. The van der Waals surface area contributed by atoms with Crippen molar-refractivity contribution >= 4 is 16.9 Å². The molecule has 1 atom stereocenters. The molecule has 2 aromatic rings. The van der Waals surface area contributed by atoms with Gasteiger partial charge in [-0.1, -0.05) is 0 Å². The van der Waals surface area contributed by atoms with Crippen molar-refractivity contribution < 1.29 is 9.53 Å². The van der Waals surface area contributed by atoms with Crippen molar-refractivity contribution in [3.8, 4) is 0 Å². The quantitative estimate of drug-likeness (QED) is 0.846. The van der Waals surface area contributed by atoms with Crippen molar-refractivity contribution in [2.24, 2.45) is 5.92 Å². The molecular formula is C18H26N4O2. The molecule has 3 heterocycles. The highest BCUT2D eigenvalue weighted by atomic mass is 16.5. The van der Waals surface area contributed by atoms with Crippen LogP contribution in [0.3, 0.4) is 0 Å². The predicted molar refractivity (Wildman–Crippen MR) is 93.2 cm³/mol. The minimum Gasteiger partial charge on any atom is -0.381 e. The Balaban J connectivity index is 1.96. The number of nitrogens with zero attached hydrogens (tertiary/aromatic N) is 4. The third kappa shape index (κ3) is 3.15. The Bertz CT molecular complexity index is 732. The molecule has 0 spiro atoms. The van der Waals surface area contributed by atoms with Gasteiger partial charge in [-0.15, -0.1) is 0 Å². The first-order valence-corrected chi connectivity index (χ1v) is 8.73. The summed E-state index contributed by atoms with van der Waals surface area (Å²) in [7, 11) is 0. The summed E-state index contributed by atoms with van der Waals surface area (Å²) in [5, 5.41) is 5.26. The van der Waals surface area contributed by atoms with Gasteiger partial charge in [-0.25, -0.2) is 9.67 Å². The summed E-state index contributed by atoms with van der Waals surface area (Å²) < 4.78 is 7.32. The minimum absolute atomic E-state index is 0.0585. The van der Waals surface area contributed by atoms with Crippen LogP contribution in [0.2, 0.25) is 0 Å². The van der Waals surface area contributed by atoms with Gasteiger partial charge in [-0.3, -0.25) is 4.79 Å². The van der Waals surface area contributed by atoms with Gasteiger partial charge in [0.05, 0.1) is 23.8 Å². The van der Waals surface area contributed by atoms with Crippen LogP contribution in [-0.4, -0.2) is 51.9 Å². The number of hydrogen-bond acceptors (Lipinski definition) is 4. The summed E-state index contributed by atoms with van der Waals surface area (Å²) >= 11 is 0. The largest absolute Gasteiger partial charge is 0.381 e. The lowest BCUT2D eigenvalue weighted by Gasteiger charge is -2.24. The molecule has 1 aliphatic rings. The van der Waals surface area contributed by atoms with Gasteiger partial charge in [-0.2, -0.15) is 5.10 Å². The van der Waals surface area contributed by atoms with E-state index in [0.717, 1.165) is 42.9 Å². The normalized spacial score (nSPS) is 17.8. The zero-order chi connectivity index (χ0) is 17.3. The predicted octanol–water partition coefficient (Wildman–Crippen LogP) is 2.82. The van der Waals surface area contributed by atoms with Gasteiger partial charge in [0.2, 0.25) is 0 Å². The highest BCUT2D eigenvalue weighted by molar-refractivity contribution is 6.05. The molecule has 1 aliphatic heterocycles. The number of rotatable bonds is 5. The number of aromatic nitrogens is 3. The first kappa shape index (κ1) is 16.9. The highest BCUT2D eigenvalue weighted by Crippen LogP contribution is 2.23. The van der Waals surface area contributed by atoms with E-state index in [0.29, 0.717) is 18.0 Å². The Labute approximate surface area is 142 Å². The lowest BCUT2D eigenvalue weighted by molar-refractivity contribution is 0.0732. The maximum Gasteiger partial charge on any atom is 0.254 e. The molecule has 0 N–H and O–H groups in total. The third-order valence-electron chi connectivity index (χ3n) is 4.59. The molecule has 3 rings (SSSR count). The van der Waals surface area contributed by atoms with Crippen LogP contribution >= 0.6 is 0 Å². The van der Waals surface area contributed by atoms with Crippen LogP contribution in [0.1, 0.15) is 49.3 Å². The standard InChI is InChI=1S/C18H26N4O2/c1-5-21(10-14-6-7-24-11-14)18(23)15-8-13(4)20-17-16(15)9-19-22(17)12(2)3/h8-9,12,14H,5-7,10-11H2,1-4H3. The molecule has 6 nitrogen and oxygen atoms in total. The van der Waals surface area contributed by atoms with Gasteiger partial charge in [-0.05, 0) is 40.2 Å². The number of amides is 1. The zero-order valence-electron chi connectivity index (χ0n) is 15.0. The number of ether oxygens (including phenoxy) is 1. The minimum atomic E-state index is 0.0585.